The molecule has 0 heterocycles. The van der Waals surface area contributed by atoms with Gasteiger partial charge in [0.1, 0.15) is 0 Å². The number of carbonyl (C=O) groups is 1. The van der Waals surface area contributed by atoms with Crippen molar-refractivity contribution in [1.29, 1.82) is 0 Å². The van der Waals surface area contributed by atoms with Gasteiger partial charge in [-0.2, -0.15) is 0 Å². The Bertz CT molecular complexity index is 534. The van der Waals surface area contributed by atoms with Crippen LogP contribution in [0.25, 0.3) is 0 Å². The molecule has 1 rings (SSSR count). The van der Waals surface area contributed by atoms with Gasteiger partial charge >= 0.3 is 5.97 Å². The molecule has 0 aliphatic rings. The normalized spacial score (nSPS) is 13.3. The van der Waals surface area contributed by atoms with E-state index in [0.29, 0.717) is 5.56 Å². The highest BCUT2D eigenvalue weighted by molar-refractivity contribution is 7.90. The largest absolute Gasteiger partial charge is 0.481 e. The molecule has 0 radical (unpaired) electrons. The van der Waals surface area contributed by atoms with Crippen molar-refractivity contribution in [3.05, 3.63) is 33.8 Å². The predicted octanol–water partition coefficient (Wildman–Crippen LogP) is 2.63. The highest BCUT2D eigenvalue weighted by Crippen LogP contribution is 2.26. The summed E-state index contributed by atoms with van der Waals surface area (Å²) in [7, 11) is -3.57. The fourth-order valence-electron chi connectivity index (χ4n) is 1.40. The Hall–Kier alpha value is -0.780. The lowest BCUT2D eigenvalue weighted by Gasteiger charge is -2.10. The maximum Gasteiger partial charge on any atom is 0.307 e. The van der Waals surface area contributed by atoms with Gasteiger partial charge in [0.25, 0.3) is 0 Å². The molecule has 0 aliphatic carbocycles. The Morgan fingerprint density at radius 1 is 1.33 bits per heavy atom. The molecule has 0 saturated heterocycles. The van der Waals surface area contributed by atoms with Crippen LogP contribution in [0.1, 0.15) is 12.5 Å². The SMILES string of the molecule is CC(CS(=O)(=O)Cc1c(Cl)cccc1Cl)C(=O)O. The molecule has 0 spiro atoms. The molecule has 18 heavy (non-hydrogen) atoms. The van der Waals surface area contributed by atoms with Crippen LogP contribution < -0.4 is 0 Å². The monoisotopic (exact) mass is 310 g/mol. The molecule has 1 aromatic carbocycles. The fourth-order valence-corrected chi connectivity index (χ4v) is 3.86. The summed E-state index contributed by atoms with van der Waals surface area (Å²) in [4.78, 5) is 10.6. The number of hydrogen-bond donors (Lipinski definition) is 1. The fraction of sp³-hybridized carbons (Fsp3) is 0.364. The summed E-state index contributed by atoms with van der Waals surface area (Å²) in [5, 5.41) is 9.22. The molecule has 1 unspecified atom stereocenters. The van der Waals surface area contributed by atoms with Gasteiger partial charge in [0.05, 0.1) is 17.4 Å². The van der Waals surface area contributed by atoms with Crippen LogP contribution in [0, 0.1) is 5.92 Å². The number of aliphatic carboxylic acids is 1. The summed E-state index contributed by atoms with van der Waals surface area (Å²) in [5.41, 5.74) is 0.304. The van der Waals surface area contributed by atoms with E-state index in [9.17, 15) is 13.2 Å². The maximum atomic E-state index is 11.8. The number of halogens is 2. The van der Waals surface area contributed by atoms with E-state index in [1.165, 1.54) is 6.92 Å². The smallest absolute Gasteiger partial charge is 0.307 e. The lowest BCUT2D eigenvalue weighted by Crippen LogP contribution is -2.22. The Morgan fingerprint density at radius 2 is 1.83 bits per heavy atom. The molecule has 1 N–H and O–H groups in total. The molecular formula is C11H12Cl2O4S. The number of carboxylic acid groups (broad SMARTS) is 1. The molecule has 4 nitrogen and oxygen atoms in total. The van der Waals surface area contributed by atoms with E-state index in [2.05, 4.69) is 0 Å². The highest BCUT2D eigenvalue weighted by atomic mass is 35.5. The second-order valence-corrected chi connectivity index (χ2v) is 6.92. The van der Waals surface area contributed by atoms with Crippen LogP contribution in [-0.4, -0.2) is 25.2 Å². The molecule has 0 aliphatic heterocycles. The molecule has 7 heteroatoms. The lowest BCUT2D eigenvalue weighted by atomic mass is 10.2. The quantitative estimate of drug-likeness (QED) is 0.907. The van der Waals surface area contributed by atoms with Gasteiger partial charge in [-0.15, -0.1) is 0 Å². The lowest BCUT2D eigenvalue weighted by molar-refractivity contribution is -0.140. The van der Waals surface area contributed by atoms with Crippen LogP contribution >= 0.6 is 23.2 Å². The van der Waals surface area contributed by atoms with E-state index < -0.39 is 27.5 Å². The van der Waals surface area contributed by atoms with Crippen molar-refractivity contribution in [3.8, 4) is 0 Å². The summed E-state index contributed by atoms with van der Waals surface area (Å²) < 4.78 is 23.7. The Balaban J connectivity index is 2.93. The number of hydrogen-bond acceptors (Lipinski definition) is 3. The summed E-state index contributed by atoms with van der Waals surface area (Å²) in [6, 6.07) is 4.69. The summed E-state index contributed by atoms with van der Waals surface area (Å²) in [5.74, 6) is -2.91. The molecule has 0 fully saturated rings. The molecular weight excluding hydrogens is 299 g/mol. The zero-order valence-electron chi connectivity index (χ0n) is 9.56. The molecule has 0 saturated carbocycles. The van der Waals surface area contributed by atoms with E-state index in [4.69, 9.17) is 28.3 Å². The van der Waals surface area contributed by atoms with Crippen LogP contribution in [0.3, 0.4) is 0 Å². The van der Waals surface area contributed by atoms with E-state index in [1.54, 1.807) is 18.2 Å². The van der Waals surface area contributed by atoms with Crippen molar-refractivity contribution in [2.24, 2.45) is 5.92 Å². The second kappa shape index (κ2) is 5.91. The van der Waals surface area contributed by atoms with Crippen molar-refractivity contribution in [3.63, 3.8) is 0 Å². The average molecular weight is 311 g/mol. The highest BCUT2D eigenvalue weighted by Gasteiger charge is 2.23. The first kappa shape index (κ1) is 15.3. The number of benzene rings is 1. The minimum Gasteiger partial charge on any atom is -0.481 e. The van der Waals surface area contributed by atoms with E-state index in [1.807, 2.05) is 0 Å². The van der Waals surface area contributed by atoms with Gasteiger partial charge in [0.2, 0.25) is 0 Å². The number of carboxylic acids is 1. The van der Waals surface area contributed by atoms with Gasteiger partial charge in [-0.1, -0.05) is 36.2 Å². The number of sulfone groups is 1. The molecule has 0 bridgehead atoms. The minimum absolute atomic E-state index is 0.258. The molecule has 0 aromatic heterocycles. The standard InChI is InChI=1S/C11H12Cl2O4S/c1-7(11(14)15)5-18(16,17)6-8-9(12)3-2-4-10(8)13/h2-4,7H,5-6H2,1H3,(H,14,15). The van der Waals surface area contributed by atoms with Crippen molar-refractivity contribution in [2.75, 3.05) is 5.75 Å². The van der Waals surface area contributed by atoms with Crippen LogP contribution in [0.4, 0.5) is 0 Å². The van der Waals surface area contributed by atoms with Crippen molar-refractivity contribution >= 4 is 39.0 Å². The van der Waals surface area contributed by atoms with Gasteiger partial charge in [-0.05, 0) is 12.1 Å². The maximum absolute atomic E-state index is 11.8. The van der Waals surface area contributed by atoms with Gasteiger partial charge < -0.3 is 5.11 Å². The van der Waals surface area contributed by atoms with Gasteiger partial charge in [-0.3, -0.25) is 4.79 Å². The van der Waals surface area contributed by atoms with Gasteiger partial charge in [0.15, 0.2) is 9.84 Å². The summed E-state index contributed by atoms with van der Waals surface area (Å²) in [6.45, 7) is 1.34. The van der Waals surface area contributed by atoms with Crippen LogP contribution in [0.15, 0.2) is 18.2 Å². The van der Waals surface area contributed by atoms with E-state index in [-0.39, 0.29) is 15.8 Å². The third kappa shape index (κ3) is 4.15. The van der Waals surface area contributed by atoms with Crippen molar-refractivity contribution < 1.29 is 18.3 Å². The molecule has 0 amide bonds. The third-order valence-corrected chi connectivity index (χ3v) is 4.80. The van der Waals surface area contributed by atoms with Crippen LogP contribution in [0.2, 0.25) is 10.0 Å². The first-order valence-electron chi connectivity index (χ1n) is 5.09. The third-order valence-electron chi connectivity index (χ3n) is 2.35. The van der Waals surface area contributed by atoms with E-state index in [0.717, 1.165) is 0 Å². The Labute approximate surface area is 115 Å². The topological polar surface area (TPSA) is 71.4 Å². The Morgan fingerprint density at radius 3 is 2.28 bits per heavy atom. The second-order valence-electron chi connectivity index (χ2n) is 3.99. The van der Waals surface area contributed by atoms with Gasteiger partial charge in [0, 0.05) is 15.6 Å². The van der Waals surface area contributed by atoms with E-state index >= 15 is 0 Å². The zero-order valence-corrected chi connectivity index (χ0v) is 11.9. The molecule has 1 aromatic rings. The minimum atomic E-state index is -3.57. The van der Waals surface area contributed by atoms with Gasteiger partial charge in [-0.25, -0.2) is 8.42 Å². The van der Waals surface area contributed by atoms with Crippen molar-refractivity contribution in [1.82, 2.24) is 0 Å². The first-order valence-corrected chi connectivity index (χ1v) is 7.67. The first-order chi connectivity index (χ1) is 8.23. The average Bonchev–Trinajstić information content (AvgIpc) is 2.23. The molecule has 1 atom stereocenters. The Kier molecular flexibility index (Phi) is 5.01. The number of rotatable bonds is 5. The summed E-state index contributed by atoms with van der Waals surface area (Å²) in [6.07, 6.45) is 0. The predicted molar refractivity (Wildman–Crippen MR) is 70.8 cm³/mol. The zero-order chi connectivity index (χ0) is 13.9. The molecule has 100 valence electrons. The summed E-state index contributed by atoms with van der Waals surface area (Å²) >= 11 is 11.7. The van der Waals surface area contributed by atoms with Crippen LogP contribution in [-0.2, 0) is 20.4 Å². The van der Waals surface area contributed by atoms with Crippen LogP contribution in [0.5, 0.6) is 0 Å². The van der Waals surface area contributed by atoms with Crippen molar-refractivity contribution in [2.45, 2.75) is 12.7 Å².